The number of aromatic nitrogens is 2. The van der Waals surface area contributed by atoms with Crippen LogP contribution >= 0.6 is 11.3 Å². The molecule has 0 amide bonds. The lowest BCUT2D eigenvalue weighted by molar-refractivity contribution is 0.385. The van der Waals surface area contributed by atoms with Gasteiger partial charge in [-0.1, -0.05) is 11.3 Å². The Morgan fingerprint density at radius 1 is 1.17 bits per heavy atom. The van der Waals surface area contributed by atoms with Gasteiger partial charge in [0.25, 0.3) is 0 Å². The van der Waals surface area contributed by atoms with Crippen molar-refractivity contribution >= 4 is 26.3 Å². The van der Waals surface area contributed by atoms with E-state index in [1.54, 1.807) is 12.1 Å². The average molecular weight is 450 g/mol. The first-order chi connectivity index (χ1) is 14.3. The summed E-state index contributed by atoms with van der Waals surface area (Å²) in [6.07, 6.45) is 1.82. The number of sulfonamides is 1. The summed E-state index contributed by atoms with van der Waals surface area (Å²) >= 11 is 1.34. The number of ether oxygens (including phenoxy) is 1. The normalized spacial score (nSPS) is 11.9. The highest BCUT2D eigenvalue weighted by atomic mass is 32.2. The first-order valence-electron chi connectivity index (χ1n) is 8.85. The van der Waals surface area contributed by atoms with Gasteiger partial charge in [-0.25, -0.2) is 26.9 Å². The number of hydrogen-bond acceptors (Lipinski definition) is 5. The zero-order valence-electron chi connectivity index (χ0n) is 16.0. The molecule has 4 rings (SSSR count). The Morgan fingerprint density at radius 2 is 1.90 bits per heavy atom. The number of hydrogen-bond donors (Lipinski definition) is 1. The molecular weight excluding hydrogens is 432 g/mol. The largest absolute Gasteiger partial charge is 0.494 e. The molecule has 10 heteroatoms. The minimum Gasteiger partial charge on any atom is -0.494 e. The Balaban J connectivity index is 1.55. The molecule has 0 saturated heterocycles. The van der Waals surface area contributed by atoms with Crippen LogP contribution in [0.1, 0.15) is 10.6 Å². The molecule has 0 atom stereocenters. The molecule has 1 N–H and O–H groups in total. The topological polar surface area (TPSA) is 72.7 Å². The molecule has 2 heterocycles. The lowest BCUT2D eigenvalue weighted by Gasteiger charge is -2.08. The Hall–Kier alpha value is -2.82. The number of thiazole rings is 1. The van der Waals surface area contributed by atoms with E-state index < -0.39 is 15.8 Å². The lowest BCUT2D eigenvalue weighted by Crippen LogP contribution is -2.23. The summed E-state index contributed by atoms with van der Waals surface area (Å²) in [5.74, 6) is -1.09. The van der Waals surface area contributed by atoms with E-state index in [2.05, 4.69) is 9.71 Å². The van der Waals surface area contributed by atoms with Crippen molar-refractivity contribution < 1.29 is 21.9 Å². The number of benzene rings is 2. The van der Waals surface area contributed by atoms with Crippen molar-refractivity contribution in [3.05, 3.63) is 70.9 Å². The third-order valence-corrected chi connectivity index (χ3v) is 7.20. The second-order valence-electron chi connectivity index (χ2n) is 6.52. The van der Waals surface area contributed by atoms with Crippen LogP contribution < -0.4 is 9.46 Å². The lowest BCUT2D eigenvalue weighted by atomic mass is 10.2. The van der Waals surface area contributed by atoms with E-state index in [0.717, 1.165) is 22.2 Å². The summed E-state index contributed by atoms with van der Waals surface area (Å²) in [7, 11) is -2.59. The van der Waals surface area contributed by atoms with Gasteiger partial charge in [0.2, 0.25) is 10.0 Å². The zero-order chi connectivity index (χ0) is 21.5. The maximum atomic E-state index is 13.9. The molecule has 30 heavy (non-hydrogen) atoms. The van der Waals surface area contributed by atoms with Gasteiger partial charge in [0, 0.05) is 28.9 Å². The fraction of sp³-hybridized carbons (Fsp3) is 0.150. The molecule has 0 fully saturated rings. The standard InChI is InChI=1S/C20H17F2N3O3S2/c1-12-19(10-23-30(26,27)15-7-8-18(28-2)16(22)9-15)29-20-24-17(11-25(12)20)13-3-5-14(21)6-4-13/h3-9,11,23H,10H2,1-2H3. The Bertz CT molecular complexity index is 1330. The quantitative estimate of drug-likeness (QED) is 0.480. The summed E-state index contributed by atoms with van der Waals surface area (Å²) in [4.78, 5) is 5.83. The van der Waals surface area contributed by atoms with Crippen LogP contribution in [-0.2, 0) is 16.6 Å². The van der Waals surface area contributed by atoms with Gasteiger partial charge < -0.3 is 4.74 Å². The summed E-state index contributed by atoms with van der Waals surface area (Å²) in [5, 5.41) is 0. The summed E-state index contributed by atoms with van der Waals surface area (Å²) < 4.78 is 61.2. The molecule has 0 unspecified atom stereocenters. The Kier molecular flexibility index (Phi) is 5.31. The third kappa shape index (κ3) is 3.81. The van der Waals surface area contributed by atoms with Crippen molar-refractivity contribution in [1.29, 1.82) is 0 Å². The van der Waals surface area contributed by atoms with Gasteiger partial charge in [0.05, 0.1) is 17.7 Å². The number of rotatable bonds is 6. The molecule has 0 bridgehead atoms. The average Bonchev–Trinajstić information content (AvgIpc) is 3.26. The van der Waals surface area contributed by atoms with Crippen LogP contribution in [0.2, 0.25) is 0 Å². The molecule has 0 aliphatic carbocycles. The first-order valence-corrected chi connectivity index (χ1v) is 11.1. The molecule has 0 aliphatic rings. The second-order valence-corrected chi connectivity index (χ2v) is 9.35. The van der Waals surface area contributed by atoms with Crippen molar-refractivity contribution in [1.82, 2.24) is 14.1 Å². The molecule has 6 nitrogen and oxygen atoms in total. The third-order valence-electron chi connectivity index (χ3n) is 4.65. The molecule has 2 aromatic carbocycles. The van der Waals surface area contributed by atoms with Crippen LogP contribution in [0.3, 0.4) is 0 Å². The van der Waals surface area contributed by atoms with Crippen molar-refractivity contribution in [2.75, 3.05) is 7.11 Å². The highest BCUT2D eigenvalue weighted by Gasteiger charge is 2.19. The molecule has 0 aliphatic heterocycles. The fourth-order valence-corrected chi connectivity index (χ4v) is 5.12. The molecular formula is C20H17F2N3O3S2. The number of methoxy groups -OCH3 is 1. The van der Waals surface area contributed by atoms with Gasteiger partial charge in [-0.2, -0.15) is 0 Å². The predicted molar refractivity (Wildman–Crippen MR) is 110 cm³/mol. The second kappa shape index (κ2) is 7.78. The number of imidazole rings is 1. The van der Waals surface area contributed by atoms with E-state index in [1.165, 1.54) is 42.7 Å². The fourth-order valence-electron chi connectivity index (χ4n) is 2.98. The van der Waals surface area contributed by atoms with Crippen LogP contribution in [0, 0.1) is 18.6 Å². The number of halogens is 2. The number of nitrogens with one attached hydrogen (secondary N) is 1. The number of aryl methyl sites for hydroxylation is 1. The van der Waals surface area contributed by atoms with E-state index in [-0.39, 0.29) is 23.0 Å². The zero-order valence-corrected chi connectivity index (χ0v) is 17.7. The van der Waals surface area contributed by atoms with Crippen LogP contribution in [-0.4, -0.2) is 24.9 Å². The van der Waals surface area contributed by atoms with Crippen molar-refractivity contribution in [2.45, 2.75) is 18.4 Å². The van der Waals surface area contributed by atoms with E-state index in [9.17, 15) is 17.2 Å². The summed E-state index contributed by atoms with van der Waals surface area (Å²) in [6.45, 7) is 1.90. The maximum Gasteiger partial charge on any atom is 0.241 e. The van der Waals surface area contributed by atoms with Crippen LogP contribution in [0.4, 0.5) is 8.78 Å². The monoisotopic (exact) mass is 449 g/mol. The highest BCUT2D eigenvalue weighted by molar-refractivity contribution is 7.89. The van der Waals surface area contributed by atoms with Crippen LogP contribution in [0.25, 0.3) is 16.2 Å². The molecule has 2 aromatic heterocycles. The SMILES string of the molecule is COc1ccc(S(=O)(=O)NCc2sc3nc(-c4ccc(F)cc4)cn3c2C)cc1F. The van der Waals surface area contributed by atoms with E-state index >= 15 is 0 Å². The minimum absolute atomic E-state index is 0.0266. The molecule has 0 spiro atoms. The molecule has 0 saturated carbocycles. The Labute approximate surface area is 175 Å². The van der Waals surface area contributed by atoms with Gasteiger partial charge >= 0.3 is 0 Å². The van der Waals surface area contributed by atoms with Crippen molar-refractivity contribution in [2.24, 2.45) is 0 Å². The summed E-state index contributed by atoms with van der Waals surface area (Å²) in [5.41, 5.74) is 2.32. The van der Waals surface area contributed by atoms with E-state index in [1.807, 2.05) is 17.5 Å². The van der Waals surface area contributed by atoms with Crippen LogP contribution in [0.15, 0.2) is 53.6 Å². The summed E-state index contributed by atoms with van der Waals surface area (Å²) in [6, 6.07) is 9.53. The number of fused-ring (bicyclic) bond motifs is 1. The highest BCUT2D eigenvalue weighted by Crippen LogP contribution is 2.28. The Morgan fingerprint density at radius 3 is 2.53 bits per heavy atom. The predicted octanol–water partition coefficient (Wildman–Crippen LogP) is 4.14. The van der Waals surface area contributed by atoms with Gasteiger partial charge in [-0.3, -0.25) is 4.40 Å². The van der Waals surface area contributed by atoms with E-state index in [4.69, 9.17) is 4.74 Å². The van der Waals surface area contributed by atoms with Gasteiger partial charge in [-0.15, -0.1) is 0 Å². The van der Waals surface area contributed by atoms with Crippen molar-refractivity contribution in [3.8, 4) is 17.0 Å². The first kappa shape index (κ1) is 20.5. The molecule has 4 aromatic rings. The van der Waals surface area contributed by atoms with Gasteiger partial charge in [0.1, 0.15) is 5.82 Å². The molecule has 156 valence electrons. The molecule has 0 radical (unpaired) electrons. The minimum atomic E-state index is -3.90. The van der Waals surface area contributed by atoms with E-state index in [0.29, 0.717) is 10.7 Å². The van der Waals surface area contributed by atoms with Crippen molar-refractivity contribution in [3.63, 3.8) is 0 Å². The smallest absolute Gasteiger partial charge is 0.241 e. The van der Waals surface area contributed by atoms with Gasteiger partial charge in [0.15, 0.2) is 16.5 Å². The number of nitrogens with zero attached hydrogens (tertiary/aromatic N) is 2. The maximum absolute atomic E-state index is 13.9. The van der Waals surface area contributed by atoms with Crippen LogP contribution in [0.5, 0.6) is 5.75 Å². The van der Waals surface area contributed by atoms with Gasteiger partial charge in [-0.05, 0) is 49.4 Å².